The summed E-state index contributed by atoms with van der Waals surface area (Å²) < 4.78 is 0. The highest BCUT2D eigenvalue weighted by Crippen LogP contribution is 2.43. The van der Waals surface area contributed by atoms with Crippen LogP contribution < -0.4 is 0 Å². The second kappa shape index (κ2) is 12.0. The van der Waals surface area contributed by atoms with Crippen LogP contribution in [0.25, 0.3) is 0 Å². The van der Waals surface area contributed by atoms with Crippen molar-refractivity contribution < 1.29 is 0 Å². The lowest BCUT2D eigenvalue weighted by molar-refractivity contribution is 0.139. The van der Waals surface area contributed by atoms with Crippen molar-refractivity contribution in [2.24, 2.45) is 23.7 Å². The Morgan fingerprint density at radius 3 is 1.64 bits per heavy atom. The van der Waals surface area contributed by atoms with Gasteiger partial charge >= 0.3 is 0 Å². The molecule has 28 heavy (non-hydrogen) atoms. The average molecular weight is 383 g/mol. The van der Waals surface area contributed by atoms with Crippen molar-refractivity contribution in [3.8, 4) is 0 Å². The van der Waals surface area contributed by atoms with E-state index < -0.39 is 0 Å². The fourth-order valence-electron chi connectivity index (χ4n) is 6.10. The molecule has 0 aromatic heterocycles. The van der Waals surface area contributed by atoms with Gasteiger partial charge in [-0.2, -0.15) is 0 Å². The predicted octanol–water partition coefficient (Wildman–Crippen LogP) is 8.90. The van der Waals surface area contributed by atoms with Crippen molar-refractivity contribution in [3.63, 3.8) is 0 Å². The van der Waals surface area contributed by atoms with Crippen LogP contribution in [0.4, 0.5) is 0 Å². The normalized spacial score (nSPS) is 28.4. The molecule has 0 heterocycles. The van der Waals surface area contributed by atoms with Crippen molar-refractivity contribution in [1.82, 2.24) is 0 Å². The van der Waals surface area contributed by atoms with Crippen LogP contribution in [0.5, 0.6) is 0 Å². The third-order valence-electron chi connectivity index (χ3n) is 8.11. The van der Waals surface area contributed by atoms with Crippen LogP contribution in [0.3, 0.4) is 0 Å². The summed E-state index contributed by atoms with van der Waals surface area (Å²) in [6.45, 7) is 4.51. The van der Waals surface area contributed by atoms with Gasteiger partial charge in [0.25, 0.3) is 0 Å². The topological polar surface area (TPSA) is 0 Å². The van der Waals surface area contributed by atoms with Gasteiger partial charge in [0.2, 0.25) is 0 Å². The SMILES string of the molecule is CCCCC[C@H]1CC[C@H]([C@H]2CC[C@H](CCCCc3ccc(C)cc3)CC2)CC1. The van der Waals surface area contributed by atoms with Gasteiger partial charge in [0.05, 0.1) is 0 Å². The number of hydrogen-bond acceptors (Lipinski definition) is 0. The molecule has 0 nitrogen and oxygen atoms in total. The number of hydrogen-bond donors (Lipinski definition) is 0. The van der Waals surface area contributed by atoms with Gasteiger partial charge < -0.3 is 0 Å². The second-order valence-electron chi connectivity index (χ2n) is 10.3. The Bertz CT molecular complexity index is 511. The lowest BCUT2D eigenvalue weighted by Crippen LogP contribution is -2.25. The molecule has 1 aromatic carbocycles. The van der Waals surface area contributed by atoms with Gasteiger partial charge in [-0.1, -0.05) is 101 Å². The molecule has 0 spiro atoms. The standard InChI is InChI=1S/C28H46/c1-3-4-5-8-25-15-19-27(20-16-25)28-21-17-26(18-22-28)10-7-6-9-24-13-11-23(2)12-14-24/h11-14,25-28H,3-10,15-22H2,1-2H3/t25-,26-,27-,28-. The van der Waals surface area contributed by atoms with E-state index in [-0.39, 0.29) is 0 Å². The Morgan fingerprint density at radius 2 is 1.14 bits per heavy atom. The first-order valence-electron chi connectivity index (χ1n) is 12.8. The van der Waals surface area contributed by atoms with Gasteiger partial charge in [0.1, 0.15) is 0 Å². The van der Waals surface area contributed by atoms with Gasteiger partial charge in [-0.3, -0.25) is 0 Å². The maximum absolute atomic E-state index is 2.33. The first kappa shape index (κ1) is 21.9. The van der Waals surface area contributed by atoms with E-state index in [1.165, 1.54) is 75.3 Å². The first-order chi connectivity index (χ1) is 13.7. The molecule has 0 radical (unpaired) electrons. The molecule has 2 aliphatic rings. The van der Waals surface area contributed by atoms with E-state index in [1.54, 1.807) is 38.5 Å². The van der Waals surface area contributed by atoms with Crippen LogP contribution in [0, 0.1) is 30.6 Å². The van der Waals surface area contributed by atoms with Crippen molar-refractivity contribution in [2.45, 2.75) is 117 Å². The monoisotopic (exact) mass is 382 g/mol. The van der Waals surface area contributed by atoms with Crippen molar-refractivity contribution in [2.75, 3.05) is 0 Å². The van der Waals surface area contributed by atoms with Crippen LogP contribution in [0.2, 0.25) is 0 Å². The summed E-state index contributed by atoms with van der Waals surface area (Å²) in [6.07, 6.45) is 23.8. The Kier molecular flexibility index (Phi) is 9.42. The number of unbranched alkanes of at least 4 members (excludes halogenated alkanes) is 3. The fourth-order valence-corrected chi connectivity index (χ4v) is 6.10. The highest BCUT2D eigenvalue weighted by atomic mass is 14.4. The molecular formula is C28H46. The van der Waals surface area contributed by atoms with Gasteiger partial charge in [-0.25, -0.2) is 0 Å². The largest absolute Gasteiger partial charge is 0.0654 e. The zero-order valence-corrected chi connectivity index (χ0v) is 18.9. The minimum absolute atomic E-state index is 1.04. The molecule has 2 saturated carbocycles. The molecule has 0 bridgehead atoms. The van der Waals surface area contributed by atoms with E-state index in [9.17, 15) is 0 Å². The highest BCUT2D eigenvalue weighted by molar-refractivity contribution is 5.21. The van der Waals surface area contributed by atoms with E-state index in [4.69, 9.17) is 0 Å². The minimum Gasteiger partial charge on any atom is -0.0654 e. The second-order valence-corrected chi connectivity index (χ2v) is 10.3. The highest BCUT2D eigenvalue weighted by Gasteiger charge is 2.30. The molecule has 0 saturated heterocycles. The fraction of sp³-hybridized carbons (Fsp3) is 0.786. The Hall–Kier alpha value is -0.780. The number of aryl methyl sites for hydroxylation is 2. The maximum atomic E-state index is 2.33. The summed E-state index contributed by atoms with van der Waals surface area (Å²) in [7, 11) is 0. The van der Waals surface area contributed by atoms with Crippen molar-refractivity contribution >= 4 is 0 Å². The maximum Gasteiger partial charge on any atom is -0.0279 e. The van der Waals surface area contributed by atoms with Crippen LogP contribution in [-0.2, 0) is 6.42 Å². The summed E-state index contributed by atoms with van der Waals surface area (Å²) in [5.41, 5.74) is 2.91. The molecule has 0 aliphatic heterocycles. The molecule has 0 atom stereocenters. The number of rotatable bonds is 10. The van der Waals surface area contributed by atoms with Gasteiger partial charge in [0, 0.05) is 0 Å². The van der Waals surface area contributed by atoms with Gasteiger partial charge in [-0.05, 0) is 74.7 Å². The van der Waals surface area contributed by atoms with E-state index in [0.29, 0.717) is 0 Å². The summed E-state index contributed by atoms with van der Waals surface area (Å²) in [5, 5.41) is 0. The molecule has 0 unspecified atom stereocenters. The molecule has 0 amide bonds. The molecular weight excluding hydrogens is 336 g/mol. The zero-order valence-electron chi connectivity index (χ0n) is 18.9. The first-order valence-corrected chi connectivity index (χ1v) is 12.8. The van der Waals surface area contributed by atoms with Crippen LogP contribution in [0.15, 0.2) is 24.3 Å². The summed E-state index contributed by atoms with van der Waals surface area (Å²) in [4.78, 5) is 0. The molecule has 0 heteroatoms. The van der Waals surface area contributed by atoms with Gasteiger partial charge in [-0.15, -0.1) is 0 Å². The van der Waals surface area contributed by atoms with Crippen LogP contribution in [0.1, 0.15) is 114 Å². The van der Waals surface area contributed by atoms with Crippen molar-refractivity contribution in [3.05, 3.63) is 35.4 Å². The smallest absolute Gasteiger partial charge is 0.0279 e. The average Bonchev–Trinajstić information content (AvgIpc) is 2.74. The van der Waals surface area contributed by atoms with E-state index >= 15 is 0 Å². The summed E-state index contributed by atoms with van der Waals surface area (Å²) >= 11 is 0. The Morgan fingerprint density at radius 1 is 0.643 bits per heavy atom. The van der Waals surface area contributed by atoms with E-state index in [0.717, 1.165) is 23.7 Å². The van der Waals surface area contributed by atoms with E-state index in [1.807, 2.05) is 0 Å². The van der Waals surface area contributed by atoms with Gasteiger partial charge in [0.15, 0.2) is 0 Å². The quantitative estimate of drug-likeness (QED) is 0.354. The number of benzene rings is 1. The molecule has 0 N–H and O–H groups in total. The molecule has 3 rings (SSSR count). The summed E-state index contributed by atoms with van der Waals surface area (Å²) in [6, 6.07) is 9.16. The molecule has 2 fully saturated rings. The lowest BCUT2D eigenvalue weighted by atomic mass is 9.68. The molecule has 2 aliphatic carbocycles. The summed E-state index contributed by atoms with van der Waals surface area (Å²) in [5.74, 6) is 4.29. The van der Waals surface area contributed by atoms with E-state index in [2.05, 4.69) is 38.1 Å². The zero-order chi connectivity index (χ0) is 19.6. The van der Waals surface area contributed by atoms with Crippen LogP contribution >= 0.6 is 0 Å². The Labute approximate surface area is 175 Å². The van der Waals surface area contributed by atoms with Crippen molar-refractivity contribution in [1.29, 1.82) is 0 Å². The molecule has 1 aromatic rings. The predicted molar refractivity (Wildman–Crippen MR) is 124 cm³/mol. The molecule has 158 valence electrons. The lowest BCUT2D eigenvalue weighted by Gasteiger charge is -2.38. The third-order valence-corrected chi connectivity index (χ3v) is 8.11. The minimum atomic E-state index is 1.04. The Balaban J connectivity index is 1.25. The van der Waals surface area contributed by atoms with Crippen LogP contribution in [-0.4, -0.2) is 0 Å². The third kappa shape index (κ3) is 7.23.